The van der Waals surface area contributed by atoms with Gasteiger partial charge in [-0.1, -0.05) is 0 Å². The standard InChI is InChI=1S/C10H19NO5/c1-15-7-9(12)5-11-2-3-16-6-8(11)4-10(13)14/h8-9,12H,2-7H2,1H3,(H,13,14). The van der Waals surface area contributed by atoms with Crippen LogP contribution in [0, 0.1) is 0 Å². The third-order valence-corrected chi connectivity index (χ3v) is 2.56. The number of morpholine rings is 1. The number of rotatable bonds is 6. The predicted molar refractivity (Wildman–Crippen MR) is 56.3 cm³/mol. The zero-order valence-electron chi connectivity index (χ0n) is 9.46. The van der Waals surface area contributed by atoms with Crippen LogP contribution in [0.1, 0.15) is 6.42 Å². The fourth-order valence-electron chi connectivity index (χ4n) is 1.83. The van der Waals surface area contributed by atoms with E-state index in [0.29, 0.717) is 26.3 Å². The van der Waals surface area contributed by atoms with Crippen molar-refractivity contribution in [2.45, 2.75) is 18.6 Å². The summed E-state index contributed by atoms with van der Waals surface area (Å²) in [6, 6.07) is -0.155. The van der Waals surface area contributed by atoms with Crippen LogP contribution in [-0.4, -0.2) is 73.2 Å². The molecule has 1 aliphatic heterocycles. The van der Waals surface area contributed by atoms with Gasteiger partial charge in [-0.05, 0) is 0 Å². The van der Waals surface area contributed by atoms with Crippen molar-refractivity contribution in [2.24, 2.45) is 0 Å². The molecule has 6 heteroatoms. The van der Waals surface area contributed by atoms with Gasteiger partial charge in [0.1, 0.15) is 0 Å². The molecular weight excluding hydrogens is 214 g/mol. The molecule has 0 aromatic carbocycles. The molecule has 1 fully saturated rings. The van der Waals surface area contributed by atoms with E-state index in [0.717, 1.165) is 0 Å². The minimum Gasteiger partial charge on any atom is -0.481 e. The molecule has 6 nitrogen and oxygen atoms in total. The topological polar surface area (TPSA) is 79.2 Å². The Balaban J connectivity index is 2.43. The lowest BCUT2D eigenvalue weighted by molar-refractivity contribution is -0.140. The van der Waals surface area contributed by atoms with Gasteiger partial charge in [0.2, 0.25) is 0 Å². The van der Waals surface area contributed by atoms with Crippen molar-refractivity contribution in [1.82, 2.24) is 4.90 Å². The third kappa shape index (κ3) is 4.44. The number of carboxylic acids is 1. The smallest absolute Gasteiger partial charge is 0.305 e. The zero-order valence-corrected chi connectivity index (χ0v) is 9.46. The molecule has 0 aromatic heterocycles. The van der Waals surface area contributed by atoms with Crippen LogP contribution in [0.25, 0.3) is 0 Å². The largest absolute Gasteiger partial charge is 0.481 e. The van der Waals surface area contributed by atoms with Gasteiger partial charge in [-0.25, -0.2) is 0 Å². The predicted octanol–water partition coefficient (Wildman–Crippen LogP) is -0.831. The van der Waals surface area contributed by atoms with E-state index in [1.807, 2.05) is 4.90 Å². The van der Waals surface area contributed by atoms with Crippen LogP contribution in [0.2, 0.25) is 0 Å². The van der Waals surface area contributed by atoms with Crippen molar-refractivity contribution in [2.75, 3.05) is 40.0 Å². The van der Waals surface area contributed by atoms with Crippen LogP contribution in [0.4, 0.5) is 0 Å². The van der Waals surface area contributed by atoms with Crippen molar-refractivity contribution in [3.8, 4) is 0 Å². The Morgan fingerprint density at radius 1 is 1.69 bits per heavy atom. The van der Waals surface area contributed by atoms with Gasteiger partial charge in [-0.3, -0.25) is 9.69 Å². The van der Waals surface area contributed by atoms with Crippen LogP contribution in [0.5, 0.6) is 0 Å². The molecule has 2 N–H and O–H groups in total. The lowest BCUT2D eigenvalue weighted by Crippen LogP contribution is -2.49. The number of β-amino-alcohol motifs (C(OH)–C–C–N with tert-alkyl or cyclic N) is 1. The van der Waals surface area contributed by atoms with E-state index in [4.69, 9.17) is 14.6 Å². The molecular formula is C10H19NO5. The Labute approximate surface area is 94.8 Å². The van der Waals surface area contributed by atoms with Crippen LogP contribution in [0.3, 0.4) is 0 Å². The number of carboxylic acid groups (broad SMARTS) is 1. The highest BCUT2D eigenvalue weighted by Crippen LogP contribution is 2.11. The molecule has 0 saturated carbocycles. The molecule has 94 valence electrons. The number of aliphatic hydroxyl groups excluding tert-OH is 1. The molecule has 16 heavy (non-hydrogen) atoms. The van der Waals surface area contributed by atoms with Crippen molar-refractivity contribution in [3.63, 3.8) is 0 Å². The maximum absolute atomic E-state index is 10.7. The number of ether oxygens (including phenoxy) is 2. The fraction of sp³-hybridized carbons (Fsp3) is 0.900. The molecule has 2 unspecified atom stereocenters. The van der Waals surface area contributed by atoms with Gasteiger partial charge in [0.05, 0.1) is 32.3 Å². The summed E-state index contributed by atoms with van der Waals surface area (Å²) in [4.78, 5) is 12.6. The van der Waals surface area contributed by atoms with E-state index in [1.54, 1.807) is 0 Å². The number of aliphatic carboxylic acids is 1. The Bertz CT molecular complexity index is 223. The normalized spacial score (nSPS) is 24.2. The molecule has 0 aliphatic carbocycles. The molecule has 0 bridgehead atoms. The maximum atomic E-state index is 10.7. The van der Waals surface area contributed by atoms with Gasteiger partial charge >= 0.3 is 5.97 Å². The Hall–Kier alpha value is -0.690. The summed E-state index contributed by atoms with van der Waals surface area (Å²) in [5, 5.41) is 18.3. The Morgan fingerprint density at radius 2 is 2.44 bits per heavy atom. The highest BCUT2D eigenvalue weighted by molar-refractivity contribution is 5.67. The molecule has 0 radical (unpaired) electrons. The third-order valence-electron chi connectivity index (χ3n) is 2.56. The quantitative estimate of drug-likeness (QED) is 0.623. The van der Waals surface area contributed by atoms with Crippen molar-refractivity contribution < 1.29 is 24.5 Å². The van der Waals surface area contributed by atoms with Gasteiger partial charge in [0.15, 0.2) is 0 Å². The summed E-state index contributed by atoms with van der Waals surface area (Å²) in [7, 11) is 1.53. The molecule has 1 heterocycles. The summed E-state index contributed by atoms with van der Waals surface area (Å²) in [6.07, 6.45) is -0.543. The average Bonchev–Trinajstić information content (AvgIpc) is 2.20. The lowest BCUT2D eigenvalue weighted by atomic mass is 10.1. The molecule has 1 saturated heterocycles. The van der Waals surface area contributed by atoms with Crippen LogP contribution in [-0.2, 0) is 14.3 Å². The fourth-order valence-corrected chi connectivity index (χ4v) is 1.83. The minimum atomic E-state index is -0.846. The van der Waals surface area contributed by atoms with Gasteiger partial charge in [-0.15, -0.1) is 0 Å². The molecule has 1 aliphatic rings. The average molecular weight is 233 g/mol. The van der Waals surface area contributed by atoms with Crippen LogP contribution >= 0.6 is 0 Å². The van der Waals surface area contributed by atoms with E-state index in [-0.39, 0.29) is 19.1 Å². The molecule has 2 atom stereocenters. The summed E-state index contributed by atoms with van der Waals surface area (Å²) in [6.45, 7) is 2.33. The second-order valence-electron chi connectivity index (χ2n) is 3.93. The summed E-state index contributed by atoms with van der Waals surface area (Å²) in [5.74, 6) is -0.846. The number of aliphatic hydroxyl groups is 1. The van der Waals surface area contributed by atoms with Gasteiger partial charge in [0.25, 0.3) is 0 Å². The zero-order chi connectivity index (χ0) is 12.0. The summed E-state index contributed by atoms with van der Waals surface area (Å²) in [5.41, 5.74) is 0. The lowest BCUT2D eigenvalue weighted by Gasteiger charge is -2.35. The number of nitrogens with zero attached hydrogens (tertiary/aromatic N) is 1. The monoisotopic (exact) mass is 233 g/mol. The SMILES string of the molecule is COCC(O)CN1CCOCC1CC(=O)O. The molecule has 0 spiro atoms. The van der Waals surface area contributed by atoms with Crippen LogP contribution in [0.15, 0.2) is 0 Å². The van der Waals surface area contributed by atoms with Gasteiger partial charge in [-0.2, -0.15) is 0 Å². The van der Waals surface area contributed by atoms with Crippen molar-refractivity contribution in [1.29, 1.82) is 0 Å². The highest BCUT2D eigenvalue weighted by atomic mass is 16.5. The van der Waals surface area contributed by atoms with Crippen molar-refractivity contribution in [3.05, 3.63) is 0 Å². The number of carbonyl (C=O) groups is 1. The second kappa shape index (κ2) is 6.80. The molecule has 0 amide bonds. The highest BCUT2D eigenvalue weighted by Gasteiger charge is 2.26. The first-order valence-electron chi connectivity index (χ1n) is 5.34. The number of hydrogen-bond donors (Lipinski definition) is 2. The van der Waals surface area contributed by atoms with E-state index in [9.17, 15) is 9.90 Å². The van der Waals surface area contributed by atoms with Crippen LogP contribution < -0.4 is 0 Å². The first-order chi connectivity index (χ1) is 7.63. The summed E-state index contributed by atoms with van der Waals surface area (Å²) < 4.78 is 10.1. The summed E-state index contributed by atoms with van der Waals surface area (Å²) >= 11 is 0. The number of methoxy groups -OCH3 is 1. The van der Waals surface area contributed by atoms with E-state index in [1.165, 1.54) is 7.11 Å². The first kappa shape index (κ1) is 13.4. The Kier molecular flexibility index (Phi) is 5.68. The minimum absolute atomic E-state index is 0.0414. The van der Waals surface area contributed by atoms with Gasteiger partial charge in [0, 0.05) is 26.2 Å². The molecule has 1 rings (SSSR count). The van der Waals surface area contributed by atoms with E-state index < -0.39 is 12.1 Å². The first-order valence-corrected chi connectivity index (χ1v) is 5.34. The number of hydrogen-bond acceptors (Lipinski definition) is 5. The second-order valence-corrected chi connectivity index (χ2v) is 3.93. The van der Waals surface area contributed by atoms with Gasteiger partial charge < -0.3 is 19.7 Å². The van der Waals surface area contributed by atoms with Crippen molar-refractivity contribution >= 4 is 5.97 Å². The Morgan fingerprint density at radius 3 is 3.06 bits per heavy atom. The maximum Gasteiger partial charge on any atom is 0.305 e. The van der Waals surface area contributed by atoms with E-state index >= 15 is 0 Å². The molecule has 0 aromatic rings. The van der Waals surface area contributed by atoms with E-state index in [2.05, 4.69) is 0 Å².